The van der Waals surface area contributed by atoms with Crippen LogP contribution in [0.2, 0.25) is 0 Å². The Balaban J connectivity index is 1.64. The Morgan fingerprint density at radius 2 is 1.53 bits per heavy atom. The highest BCUT2D eigenvalue weighted by atomic mass is 19.4. The fourth-order valence-electron chi connectivity index (χ4n) is 4.54. The average molecular weight is 516 g/mol. The van der Waals surface area contributed by atoms with Gasteiger partial charge in [0.25, 0.3) is 0 Å². The maximum absolute atomic E-state index is 13.5. The third-order valence-corrected chi connectivity index (χ3v) is 6.49. The number of amides is 1. The molecule has 11 heteroatoms. The number of ether oxygens (including phenoxy) is 1. The number of hydrogen-bond donors (Lipinski definition) is 0. The molecule has 0 radical (unpaired) electrons. The first-order chi connectivity index (χ1) is 16.7. The van der Waals surface area contributed by atoms with Crippen molar-refractivity contribution >= 4 is 5.91 Å². The molecule has 2 aliphatic heterocycles. The summed E-state index contributed by atoms with van der Waals surface area (Å²) < 4.78 is 99.5. The van der Waals surface area contributed by atoms with Crippen LogP contribution in [0.25, 0.3) is 0 Å². The third kappa shape index (κ3) is 5.50. The molecule has 1 fully saturated rings. The van der Waals surface area contributed by atoms with E-state index in [1.165, 1.54) is 30.0 Å². The predicted molar refractivity (Wildman–Crippen MR) is 116 cm³/mol. The number of alkyl halides is 6. The molecule has 0 aliphatic carbocycles. The number of nitrogens with zero attached hydrogens (tertiary/aromatic N) is 2. The number of carbonyl (C=O) groups is 1. The molecule has 0 saturated carbocycles. The fraction of sp³-hybridized carbons (Fsp3) is 0.400. The summed E-state index contributed by atoms with van der Waals surface area (Å²) in [6.45, 7) is 2.39. The summed E-state index contributed by atoms with van der Waals surface area (Å²) in [6.07, 6.45) is -10.2. The van der Waals surface area contributed by atoms with E-state index in [2.05, 4.69) is 0 Å². The van der Waals surface area contributed by atoms with Crippen LogP contribution in [0.15, 0.2) is 54.2 Å². The molecular formula is C25H23F7N2O2. The monoisotopic (exact) mass is 516 g/mol. The van der Waals surface area contributed by atoms with E-state index >= 15 is 0 Å². The molecule has 0 bridgehead atoms. The van der Waals surface area contributed by atoms with Gasteiger partial charge in [0.15, 0.2) is 0 Å². The van der Waals surface area contributed by atoms with Crippen molar-refractivity contribution in [2.24, 2.45) is 0 Å². The standard InChI is InChI=1S/C25H23F7N2O2/c1-14(16-7-17(24(27,28)29)9-18(8-16)25(30,31)32)36-22-13-34(20-10-23(35)33(2)11-20)12-21(22)15-3-5-19(26)6-4-15/h3-10,14,21-22H,11-13H2,1-2H3. The van der Waals surface area contributed by atoms with Gasteiger partial charge >= 0.3 is 12.4 Å². The van der Waals surface area contributed by atoms with Crippen molar-refractivity contribution in [2.45, 2.75) is 37.4 Å². The van der Waals surface area contributed by atoms with Crippen LogP contribution in [0.3, 0.4) is 0 Å². The Bertz CT molecular complexity index is 1130. The molecule has 0 N–H and O–H groups in total. The van der Waals surface area contributed by atoms with Gasteiger partial charge in [-0.3, -0.25) is 4.79 Å². The van der Waals surface area contributed by atoms with Crippen LogP contribution in [0.5, 0.6) is 0 Å². The van der Waals surface area contributed by atoms with Crippen LogP contribution in [-0.4, -0.2) is 48.5 Å². The van der Waals surface area contributed by atoms with Crippen LogP contribution in [0.4, 0.5) is 30.7 Å². The molecule has 3 unspecified atom stereocenters. The van der Waals surface area contributed by atoms with E-state index in [0.29, 0.717) is 30.8 Å². The zero-order valence-corrected chi connectivity index (χ0v) is 19.3. The van der Waals surface area contributed by atoms with Gasteiger partial charge in [0.2, 0.25) is 5.91 Å². The number of rotatable bonds is 5. The molecule has 2 heterocycles. The summed E-state index contributed by atoms with van der Waals surface area (Å²) >= 11 is 0. The Hall–Kier alpha value is -3.08. The van der Waals surface area contributed by atoms with E-state index < -0.39 is 41.5 Å². The van der Waals surface area contributed by atoms with E-state index in [1.807, 2.05) is 4.90 Å². The van der Waals surface area contributed by atoms with Gasteiger partial charge in [0.1, 0.15) is 5.82 Å². The molecule has 194 valence electrons. The van der Waals surface area contributed by atoms with Crippen LogP contribution in [0.1, 0.15) is 41.2 Å². The second-order valence-electron chi connectivity index (χ2n) is 9.05. The van der Waals surface area contributed by atoms with Gasteiger partial charge < -0.3 is 14.5 Å². The first kappa shape index (κ1) is 26.0. The predicted octanol–water partition coefficient (Wildman–Crippen LogP) is 5.76. The highest BCUT2D eigenvalue weighted by Gasteiger charge is 2.40. The van der Waals surface area contributed by atoms with E-state index in [4.69, 9.17) is 4.74 Å². The summed E-state index contributed by atoms with van der Waals surface area (Å²) in [5.74, 6) is -0.985. The van der Waals surface area contributed by atoms with Crippen LogP contribution in [0, 0.1) is 5.82 Å². The minimum Gasteiger partial charge on any atom is -0.370 e. The lowest BCUT2D eigenvalue weighted by Crippen LogP contribution is -2.27. The molecule has 0 aromatic heterocycles. The first-order valence-corrected chi connectivity index (χ1v) is 11.1. The Morgan fingerprint density at radius 3 is 2.03 bits per heavy atom. The summed E-state index contributed by atoms with van der Waals surface area (Å²) in [5.41, 5.74) is -1.66. The number of likely N-dealkylation sites (tertiary alicyclic amines) is 1. The van der Waals surface area contributed by atoms with Crippen LogP contribution in [-0.2, 0) is 21.9 Å². The SMILES string of the molecule is CC(OC1CN(C2=CC(=O)N(C)C2)CC1c1ccc(F)cc1)c1cc(C(F)(F)F)cc(C(F)(F)F)c1. The van der Waals surface area contributed by atoms with Gasteiger partial charge in [0.05, 0.1) is 29.9 Å². The number of halogens is 7. The van der Waals surface area contributed by atoms with E-state index in [0.717, 1.165) is 5.70 Å². The molecule has 2 aromatic carbocycles. The van der Waals surface area contributed by atoms with E-state index in [9.17, 15) is 35.5 Å². The second-order valence-corrected chi connectivity index (χ2v) is 9.05. The molecule has 2 aliphatic rings. The lowest BCUT2D eigenvalue weighted by atomic mass is 9.95. The normalized spacial score (nSPS) is 21.8. The highest BCUT2D eigenvalue weighted by Crippen LogP contribution is 2.40. The van der Waals surface area contributed by atoms with Crippen molar-refractivity contribution in [1.29, 1.82) is 0 Å². The fourth-order valence-corrected chi connectivity index (χ4v) is 4.54. The Morgan fingerprint density at radius 1 is 0.944 bits per heavy atom. The zero-order valence-electron chi connectivity index (χ0n) is 19.3. The molecule has 36 heavy (non-hydrogen) atoms. The summed E-state index contributed by atoms with van der Waals surface area (Å²) in [4.78, 5) is 15.4. The van der Waals surface area contributed by atoms with Crippen molar-refractivity contribution in [3.05, 3.63) is 82.3 Å². The average Bonchev–Trinajstić information content (AvgIpc) is 3.35. The quantitative estimate of drug-likeness (QED) is 0.474. The zero-order chi connectivity index (χ0) is 26.4. The lowest BCUT2D eigenvalue weighted by molar-refractivity contribution is -0.143. The van der Waals surface area contributed by atoms with E-state index in [-0.39, 0.29) is 30.0 Å². The number of carbonyl (C=O) groups excluding carboxylic acids is 1. The van der Waals surface area contributed by atoms with Gasteiger partial charge in [-0.1, -0.05) is 12.1 Å². The molecule has 3 atom stereocenters. The topological polar surface area (TPSA) is 32.8 Å². The first-order valence-electron chi connectivity index (χ1n) is 11.1. The maximum Gasteiger partial charge on any atom is 0.416 e. The van der Waals surface area contributed by atoms with Gasteiger partial charge in [0, 0.05) is 37.8 Å². The summed E-state index contributed by atoms with van der Waals surface area (Å²) in [6, 6.07) is 7.07. The third-order valence-electron chi connectivity index (χ3n) is 6.49. The molecule has 4 rings (SSSR count). The van der Waals surface area contributed by atoms with Crippen LogP contribution >= 0.6 is 0 Å². The largest absolute Gasteiger partial charge is 0.416 e. The molecule has 1 saturated heterocycles. The van der Waals surface area contributed by atoms with Crippen molar-refractivity contribution in [3.8, 4) is 0 Å². The maximum atomic E-state index is 13.5. The van der Waals surface area contributed by atoms with Crippen molar-refractivity contribution in [2.75, 3.05) is 26.7 Å². The van der Waals surface area contributed by atoms with Crippen LogP contribution < -0.4 is 0 Å². The summed E-state index contributed by atoms with van der Waals surface area (Å²) in [5, 5.41) is 0. The van der Waals surface area contributed by atoms with Gasteiger partial charge in [-0.15, -0.1) is 0 Å². The van der Waals surface area contributed by atoms with Gasteiger partial charge in [-0.25, -0.2) is 4.39 Å². The van der Waals surface area contributed by atoms with Crippen molar-refractivity contribution < 1.29 is 40.3 Å². The minimum atomic E-state index is -4.97. The van der Waals surface area contributed by atoms with Crippen molar-refractivity contribution in [3.63, 3.8) is 0 Å². The number of likely N-dealkylation sites (N-methyl/N-ethyl adjacent to an activating group) is 1. The van der Waals surface area contributed by atoms with Crippen molar-refractivity contribution in [1.82, 2.24) is 9.80 Å². The lowest BCUT2D eigenvalue weighted by Gasteiger charge is -2.25. The molecule has 1 amide bonds. The van der Waals surface area contributed by atoms with Gasteiger partial charge in [-0.05, 0) is 48.4 Å². The Kier molecular flexibility index (Phi) is 6.80. The summed E-state index contributed by atoms with van der Waals surface area (Å²) in [7, 11) is 1.64. The van der Waals surface area contributed by atoms with E-state index in [1.54, 1.807) is 19.2 Å². The second kappa shape index (κ2) is 9.42. The Labute approximate surface area is 202 Å². The smallest absolute Gasteiger partial charge is 0.370 e. The molecular weight excluding hydrogens is 493 g/mol. The minimum absolute atomic E-state index is 0.0783. The number of benzene rings is 2. The highest BCUT2D eigenvalue weighted by molar-refractivity contribution is 5.90. The molecule has 2 aromatic rings. The molecule has 0 spiro atoms. The van der Waals surface area contributed by atoms with Gasteiger partial charge in [-0.2, -0.15) is 26.3 Å². The molecule has 4 nitrogen and oxygen atoms in total. The number of hydrogen-bond acceptors (Lipinski definition) is 3.